The summed E-state index contributed by atoms with van der Waals surface area (Å²) in [7, 11) is 0. The predicted octanol–water partition coefficient (Wildman–Crippen LogP) is 2.29. The normalized spacial score (nSPS) is 17.4. The Labute approximate surface area is 108 Å². The van der Waals surface area contributed by atoms with Crippen molar-refractivity contribution >= 4 is 5.91 Å². The Balaban J connectivity index is 2.06. The van der Waals surface area contributed by atoms with Crippen molar-refractivity contribution in [3.8, 4) is 0 Å². The molecule has 1 aromatic carbocycles. The molecule has 2 rings (SSSR count). The molecule has 18 heavy (non-hydrogen) atoms. The topological polar surface area (TPSA) is 40.5 Å². The van der Waals surface area contributed by atoms with Gasteiger partial charge in [-0.15, -0.1) is 0 Å². The molecule has 1 N–H and O–H groups in total. The van der Waals surface area contributed by atoms with Gasteiger partial charge in [0.15, 0.2) is 0 Å². The van der Waals surface area contributed by atoms with E-state index in [1.54, 1.807) is 4.90 Å². The molecule has 1 aliphatic rings. The molecule has 0 radical (unpaired) electrons. The van der Waals surface area contributed by atoms with Gasteiger partial charge in [-0.1, -0.05) is 31.0 Å². The molecule has 0 aromatic heterocycles. The first kappa shape index (κ1) is 13.1. The molecule has 1 saturated heterocycles. The number of rotatable bonds is 3. The van der Waals surface area contributed by atoms with Crippen molar-refractivity contribution in [1.29, 1.82) is 0 Å². The van der Waals surface area contributed by atoms with Crippen LogP contribution in [-0.4, -0.2) is 34.6 Å². The zero-order valence-corrected chi connectivity index (χ0v) is 11.4. The lowest BCUT2D eigenvalue weighted by Crippen LogP contribution is -2.63. The summed E-state index contributed by atoms with van der Waals surface area (Å²) in [5.74, 6) is 0.0354. The van der Waals surface area contributed by atoms with E-state index < -0.39 is 5.60 Å². The fraction of sp³-hybridized carbons (Fsp3) is 0.533. The van der Waals surface area contributed by atoms with Gasteiger partial charge in [0.1, 0.15) is 0 Å². The molecule has 3 heteroatoms. The maximum Gasteiger partial charge on any atom is 0.254 e. The van der Waals surface area contributed by atoms with E-state index in [9.17, 15) is 9.90 Å². The molecule has 1 fully saturated rings. The Kier molecular flexibility index (Phi) is 3.44. The number of carbonyl (C=O) groups excluding carboxylic acids is 1. The van der Waals surface area contributed by atoms with Gasteiger partial charge < -0.3 is 10.0 Å². The van der Waals surface area contributed by atoms with Crippen LogP contribution in [0.4, 0.5) is 0 Å². The molecular formula is C15H21NO2. The van der Waals surface area contributed by atoms with Crippen molar-refractivity contribution < 1.29 is 9.90 Å². The van der Waals surface area contributed by atoms with Crippen LogP contribution in [0.2, 0.25) is 0 Å². The van der Waals surface area contributed by atoms with Gasteiger partial charge in [-0.2, -0.15) is 0 Å². The van der Waals surface area contributed by atoms with Crippen LogP contribution in [0.15, 0.2) is 18.2 Å². The van der Waals surface area contributed by atoms with E-state index in [0.29, 0.717) is 13.1 Å². The summed E-state index contributed by atoms with van der Waals surface area (Å²) in [6.45, 7) is 6.95. The lowest BCUT2D eigenvalue weighted by molar-refractivity contribution is -0.0860. The zero-order valence-electron chi connectivity index (χ0n) is 11.4. The summed E-state index contributed by atoms with van der Waals surface area (Å²) >= 11 is 0. The number of β-amino-alcohol motifs (C(OH)–C–C–N with tert-alkyl or cyclic N) is 1. The molecule has 1 aliphatic heterocycles. The van der Waals surface area contributed by atoms with Crippen molar-refractivity contribution in [3.63, 3.8) is 0 Å². The molecule has 98 valence electrons. The van der Waals surface area contributed by atoms with Crippen LogP contribution in [0.5, 0.6) is 0 Å². The minimum Gasteiger partial charge on any atom is -0.386 e. The van der Waals surface area contributed by atoms with E-state index in [2.05, 4.69) is 0 Å². The highest BCUT2D eigenvalue weighted by atomic mass is 16.3. The molecule has 0 spiro atoms. The Bertz CT molecular complexity index is 462. The number of aliphatic hydroxyl groups is 1. The Morgan fingerprint density at radius 1 is 1.39 bits per heavy atom. The van der Waals surface area contributed by atoms with E-state index in [1.165, 1.54) is 0 Å². The molecule has 1 heterocycles. The number of aryl methyl sites for hydroxylation is 2. The summed E-state index contributed by atoms with van der Waals surface area (Å²) in [6.07, 6.45) is 1.71. The zero-order chi connectivity index (χ0) is 13.3. The van der Waals surface area contributed by atoms with Gasteiger partial charge in [-0.05, 0) is 31.9 Å². The molecule has 0 bridgehead atoms. The lowest BCUT2D eigenvalue weighted by Gasteiger charge is -2.46. The van der Waals surface area contributed by atoms with Crippen LogP contribution in [0, 0.1) is 13.8 Å². The van der Waals surface area contributed by atoms with Gasteiger partial charge in [-0.25, -0.2) is 0 Å². The van der Waals surface area contributed by atoms with Crippen molar-refractivity contribution in [2.75, 3.05) is 13.1 Å². The quantitative estimate of drug-likeness (QED) is 0.890. The van der Waals surface area contributed by atoms with Crippen molar-refractivity contribution in [2.45, 2.75) is 39.2 Å². The molecule has 1 amide bonds. The smallest absolute Gasteiger partial charge is 0.254 e. The van der Waals surface area contributed by atoms with E-state index in [4.69, 9.17) is 0 Å². The van der Waals surface area contributed by atoms with E-state index in [0.717, 1.165) is 29.5 Å². The van der Waals surface area contributed by atoms with Crippen LogP contribution in [0.3, 0.4) is 0 Å². The number of hydrogen-bond donors (Lipinski definition) is 1. The highest BCUT2D eigenvalue weighted by Gasteiger charge is 2.42. The van der Waals surface area contributed by atoms with Crippen LogP contribution >= 0.6 is 0 Å². The minimum atomic E-state index is -0.650. The number of nitrogens with zero attached hydrogens (tertiary/aromatic N) is 1. The molecule has 3 nitrogen and oxygen atoms in total. The number of likely N-dealkylation sites (tertiary alicyclic amines) is 1. The maximum atomic E-state index is 12.3. The molecule has 0 atom stereocenters. The SMILES string of the molecule is CCCC1(O)CN(C(=O)c2ccc(C)cc2C)C1. The Morgan fingerprint density at radius 2 is 2.06 bits per heavy atom. The van der Waals surface area contributed by atoms with Crippen molar-refractivity contribution in [1.82, 2.24) is 4.90 Å². The van der Waals surface area contributed by atoms with Crippen molar-refractivity contribution in [2.24, 2.45) is 0 Å². The monoisotopic (exact) mass is 247 g/mol. The van der Waals surface area contributed by atoms with Crippen LogP contribution in [0.25, 0.3) is 0 Å². The average Bonchev–Trinajstić information content (AvgIpc) is 2.25. The number of benzene rings is 1. The predicted molar refractivity (Wildman–Crippen MR) is 71.7 cm³/mol. The van der Waals surface area contributed by atoms with Crippen LogP contribution in [-0.2, 0) is 0 Å². The average molecular weight is 247 g/mol. The van der Waals surface area contributed by atoms with Gasteiger partial charge in [0.05, 0.1) is 18.7 Å². The second-order valence-electron chi connectivity index (χ2n) is 5.45. The second kappa shape index (κ2) is 4.73. The number of carbonyl (C=O) groups is 1. The minimum absolute atomic E-state index is 0.0354. The third-order valence-corrected chi connectivity index (χ3v) is 3.59. The standard InChI is InChI=1S/C15H21NO2/c1-4-7-15(18)9-16(10-15)14(17)13-6-5-11(2)8-12(13)3/h5-6,8,18H,4,7,9-10H2,1-3H3. The fourth-order valence-electron chi connectivity index (χ4n) is 2.66. The van der Waals surface area contributed by atoms with Crippen LogP contribution < -0.4 is 0 Å². The largest absolute Gasteiger partial charge is 0.386 e. The molecule has 0 unspecified atom stereocenters. The molecular weight excluding hydrogens is 226 g/mol. The summed E-state index contributed by atoms with van der Waals surface area (Å²) < 4.78 is 0. The lowest BCUT2D eigenvalue weighted by atomic mass is 9.88. The summed E-state index contributed by atoms with van der Waals surface area (Å²) in [6, 6.07) is 5.85. The first-order chi connectivity index (χ1) is 8.45. The molecule has 0 saturated carbocycles. The first-order valence-corrected chi connectivity index (χ1v) is 6.54. The summed E-state index contributed by atoms with van der Waals surface area (Å²) in [5.41, 5.74) is 2.27. The highest BCUT2D eigenvalue weighted by molar-refractivity contribution is 5.96. The Hall–Kier alpha value is -1.35. The third kappa shape index (κ3) is 2.41. The second-order valence-corrected chi connectivity index (χ2v) is 5.45. The summed E-state index contributed by atoms with van der Waals surface area (Å²) in [4.78, 5) is 14.0. The summed E-state index contributed by atoms with van der Waals surface area (Å²) in [5, 5.41) is 10.1. The van der Waals surface area contributed by atoms with Gasteiger partial charge in [-0.3, -0.25) is 4.79 Å². The third-order valence-electron chi connectivity index (χ3n) is 3.59. The Morgan fingerprint density at radius 3 is 2.61 bits per heavy atom. The van der Waals surface area contributed by atoms with Gasteiger partial charge in [0.25, 0.3) is 5.91 Å². The maximum absolute atomic E-state index is 12.3. The molecule has 1 aromatic rings. The van der Waals surface area contributed by atoms with Gasteiger partial charge in [0.2, 0.25) is 0 Å². The van der Waals surface area contributed by atoms with Crippen LogP contribution in [0.1, 0.15) is 41.3 Å². The van der Waals surface area contributed by atoms with E-state index >= 15 is 0 Å². The van der Waals surface area contributed by atoms with E-state index in [1.807, 2.05) is 39.0 Å². The van der Waals surface area contributed by atoms with E-state index in [-0.39, 0.29) is 5.91 Å². The highest BCUT2D eigenvalue weighted by Crippen LogP contribution is 2.27. The fourth-order valence-corrected chi connectivity index (χ4v) is 2.66. The van der Waals surface area contributed by atoms with Crippen molar-refractivity contribution in [3.05, 3.63) is 34.9 Å². The number of hydrogen-bond acceptors (Lipinski definition) is 2. The first-order valence-electron chi connectivity index (χ1n) is 6.54. The van der Waals surface area contributed by atoms with Gasteiger partial charge in [0, 0.05) is 5.56 Å². The molecule has 0 aliphatic carbocycles. The number of amides is 1. The van der Waals surface area contributed by atoms with Gasteiger partial charge >= 0.3 is 0 Å².